The number of hydrogen-bond acceptors (Lipinski definition) is 5. The topological polar surface area (TPSA) is 109 Å². The molecule has 3 amide bonds. The number of nitrogens with zero attached hydrogens (tertiary/aromatic N) is 1. The summed E-state index contributed by atoms with van der Waals surface area (Å²) in [4.78, 5) is 36.2. The van der Waals surface area contributed by atoms with E-state index in [4.69, 9.17) is 16.3 Å². The first kappa shape index (κ1) is 24.5. The van der Waals surface area contributed by atoms with Crippen LogP contribution in [0.15, 0.2) is 71.8 Å². The maximum atomic E-state index is 12.2. The van der Waals surface area contributed by atoms with E-state index < -0.39 is 11.8 Å². The number of carbonyl (C=O) groups is 3. The Morgan fingerprint density at radius 2 is 1.62 bits per heavy atom. The monoisotopic (exact) mass is 478 g/mol. The Kier molecular flexibility index (Phi) is 8.37. The molecule has 3 N–H and O–H groups in total. The quantitative estimate of drug-likeness (QED) is 0.270. The predicted octanol–water partition coefficient (Wildman–Crippen LogP) is 4.06. The van der Waals surface area contributed by atoms with Crippen molar-refractivity contribution in [3.63, 3.8) is 0 Å². The minimum absolute atomic E-state index is 0.248. The molecule has 0 fully saturated rings. The molecule has 3 rings (SSSR count). The van der Waals surface area contributed by atoms with Crippen molar-refractivity contribution in [3.8, 4) is 5.75 Å². The molecule has 0 bridgehead atoms. The van der Waals surface area contributed by atoms with E-state index in [1.54, 1.807) is 54.6 Å². The Morgan fingerprint density at radius 1 is 0.912 bits per heavy atom. The number of nitrogens with one attached hydrogen (secondary N) is 3. The van der Waals surface area contributed by atoms with E-state index in [1.807, 2.05) is 26.0 Å². The lowest BCUT2D eigenvalue weighted by molar-refractivity contribution is -0.136. The molecule has 0 saturated carbocycles. The summed E-state index contributed by atoms with van der Waals surface area (Å²) < 4.78 is 5.59. The number of amides is 3. The van der Waals surface area contributed by atoms with Gasteiger partial charge in [-0.2, -0.15) is 5.10 Å². The summed E-state index contributed by atoms with van der Waals surface area (Å²) >= 11 is 6.08. The summed E-state index contributed by atoms with van der Waals surface area (Å²) in [5.41, 5.74) is 5.67. The Morgan fingerprint density at radius 3 is 2.35 bits per heavy atom. The van der Waals surface area contributed by atoms with Gasteiger partial charge in [0.2, 0.25) is 0 Å². The fourth-order valence-electron chi connectivity index (χ4n) is 2.77. The molecule has 0 aromatic heterocycles. The van der Waals surface area contributed by atoms with Crippen molar-refractivity contribution < 1.29 is 19.1 Å². The first-order valence-corrected chi connectivity index (χ1v) is 10.7. The second-order valence-electron chi connectivity index (χ2n) is 7.36. The van der Waals surface area contributed by atoms with Gasteiger partial charge < -0.3 is 15.4 Å². The average molecular weight is 479 g/mol. The fourth-order valence-corrected chi connectivity index (χ4v) is 2.95. The number of rotatable bonds is 7. The molecule has 0 radical (unpaired) electrons. The minimum atomic E-state index is -0.925. The number of hydrazone groups is 1. The molecule has 174 valence electrons. The third-order valence-corrected chi connectivity index (χ3v) is 5.03. The lowest BCUT2D eigenvalue weighted by Crippen LogP contribution is -2.32. The zero-order chi connectivity index (χ0) is 24.5. The van der Waals surface area contributed by atoms with Gasteiger partial charge in [-0.15, -0.1) is 0 Å². The number of ether oxygens (including phenoxy) is 1. The predicted molar refractivity (Wildman–Crippen MR) is 132 cm³/mol. The molecule has 0 saturated heterocycles. The molecule has 8 nitrogen and oxygen atoms in total. The van der Waals surface area contributed by atoms with Gasteiger partial charge >= 0.3 is 11.8 Å². The van der Waals surface area contributed by atoms with Crippen LogP contribution in [0.4, 0.5) is 11.4 Å². The smallest absolute Gasteiger partial charge is 0.329 e. The zero-order valence-corrected chi connectivity index (χ0v) is 19.3. The lowest BCUT2D eigenvalue weighted by atomic mass is 10.2. The van der Waals surface area contributed by atoms with Gasteiger partial charge in [0.25, 0.3) is 5.91 Å². The standard InChI is InChI=1S/C25H23ClN4O4/c1-16-7-10-19(11-8-16)29-24(32)25(33)30-27-14-18-5-3-4-6-22(18)34-15-23(31)28-20-12-9-17(2)21(26)13-20/h3-14H,15H2,1-2H3,(H,28,31)(H,29,32)(H,30,33)/b27-14-. The van der Waals surface area contributed by atoms with E-state index >= 15 is 0 Å². The van der Waals surface area contributed by atoms with Crippen molar-refractivity contribution in [2.75, 3.05) is 17.2 Å². The van der Waals surface area contributed by atoms with Crippen LogP contribution in [-0.2, 0) is 14.4 Å². The Labute approximate surface area is 202 Å². The summed E-state index contributed by atoms with van der Waals surface area (Å²) in [6.45, 7) is 3.54. The van der Waals surface area contributed by atoms with Gasteiger partial charge in [0.05, 0.1) is 6.21 Å². The summed E-state index contributed by atoms with van der Waals surface area (Å²) in [6, 6.07) is 19.1. The van der Waals surface area contributed by atoms with Crippen molar-refractivity contribution in [3.05, 3.63) is 88.4 Å². The van der Waals surface area contributed by atoms with Crippen LogP contribution in [0.3, 0.4) is 0 Å². The van der Waals surface area contributed by atoms with Crippen molar-refractivity contribution in [1.82, 2.24) is 5.43 Å². The van der Waals surface area contributed by atoms with E-state index in [0.717, 1.165) is 11.1 Å². The molecule has 9 heteroatoms. The van der Waals surface area contributed by atoms with E-state index in [9.17, 15) is 14.4 Å². The molecule has 3 aromatic rings. The van der Waals surface area contributed by atoms with Crippen LogP contribution in [-0.4, -0.2) is 30.5 Å². The van der Waals surface area contributed by atoms with Crippen LogP contribution < -0.4 is 20.8 Å². The number of benzene rings is 3. The molecule has 0 aliphatic heterocycles. The average Bonchev–Trinajstić information content (AvgIpc) is 2.82. The number of hydrogen-bond donors (Lipinski definition) is 3. The van der Waals surface area contributed by atoms with Gasteiger partial charge in [-0.05, 0) is 55.8 Å². The largest absolute Gasteiger partial charge is 0.483 e. The Hall–Kier alpha value is -4.17. The summed E-state index contributed by atoms with van der Waals surface area (Å²) in [6.07, 6.45) is 1.32. The van der Waals surface area contributed by atoms with Crippen LogP contribution in [0, 0.1) is 13.8 Å². The lowest BCUT2D eigenvalue weighted by Gasteiger charge is -2.10. The maximum absolute atomic E-state index is 12.2. The number of para-hydroxylation sites is 1. The van der Waals surface area contributed by atoms with Crippen LogP contribution in [0.2, 0.25) is 5.02 Å². The number of carbonyl (C=O) groups excluding carboxylic acids is 3. The number of halogens is 1. The first-order valence-electron chi connectivity index (χ1n) is 10.3. The van der Waals surface area contributed by atoms with Crippen molar-refractivity contribution in [1.29, 1.82) is 0 Å². The first-order chi connectivity index (χ1) is 16.3. The minimum Gasteiger partial charge on any atom is -0.483 e. The van der Waals surface area contributed by atoms with Crippen molar-refractivity contribution in [2.24, 2.45) is 5.10 Å². The van der Waals surface area contributed by atoms with Crippen molar-refractivity contribution in [2.45, 2.75) is 13.8 Å². The number of anilines is 2. The zero-order valence-electron chi connectivity index (χ0n) is 18.6. The Bertz CT molecular complexity index is 1230. The molecular weight excluding hydrogens is 456 g/mol. The number of aryl methyl sites for hydroxylation is 2. The van der Waals surface area contributed by atoms with Gasteiger partial charge in [0.15, 0.2) is 6.61 Å². The molecular formula is C25H23ClN4O4. The Balaban J connectivity index is 1.53. The molecule has 0 heterocycles. The molecule has 3 aromatic carbocycles. The third kappa shape index (κ3) is 7.18. The SMILES string of the molecule is Cc1ccc(NC(=O)C(=O)N/N=C\c2ccccc2OCC(=O)Nc2ccc(C)c(Cl)c2)cc1. The van der Waals surface area contributed by atoms with E-state index in [-0.39, 0.29) is 12.5 Å². The summed E-state index contributed by atoms with van der Waals surface area (Å²) in [7, 11) is 0. The van der Waals surface area contributed by atoms with Crippen LogP contribution >= 0.6 is 11.6 Å². The van der Waals surface area contributed by atoms with Gasteiger partial charge in [-0.1, -0.05) is 47.5 Å². The van der Waals surface area contributed by atoms with Crippen LogP contribution in [0.25, 0.3) is 0 Å². The highest BCUT2D eigenvalue weighted by atomic mass is 35.5. The van der Waals surface area contributed by atoms with Crippen LogP contribution in [0.1, 0.15) is 16.7 Å². The molecule has 0 atom stereocenters. The van der Waals surface area contributed by atoms with E-state index in [0.29, 0.717) is 27.7 Å². The summed E-state index contributed by atoms with van der Waals surface area (Å²) in [5.74, 6) is -1.76. The highest BCUT2D eigenvalue weighted by Crippen LogP contribution is 2.20. The van der Waals surface area contributed by atoms with Gasteiger partial charge in [0.1, 0.15) is 5.75 Å². The molecule has 34 heavy (non-hydrogen) atoms. The van der Waals surface area contributed by atoms with E-state index in [1.165, 1.54) is 6.21 Å². The highest BCUT2D eigenvalue weighted by Gasteiger charge is 2.13. The molecule has 0 aliphatic rings. The second-order valence-corrected chi connectivity index (χ2v) is 7.77. The highest BCUT2D eigenvalue weighted by molar-refractivity contribution is 6.39. The second kappa shape index (κ2) is 11.6. The molecule has 0 aliphatic carbocycles. The fraction of sp³-hybridized carbons (Fsp3) is 0.120. The maximum Gasteiger partial charge on any atom is 0.329 e. The molecule has 0 spiro atoms. The van der Waals surface area contributed by atoms with Crippen molar-refractivity contribution >= 4 is 46.9 Å². The van der Waals surface area contributed by atoms with Gasteiger partial charge in [0, 0.05) is 22.0 Å². The normalized spacial score (nSPS) is 10.6. The third-order valence-electron chi connectivity index (χ3n) is 4.62. The summed E-state index contributed by atoms with van der Waals surface area (Å²) in [5, 5.41) is 9.56. The van der Waals surface area contributed by atoms with Crippen LogP contribution in [0.5, 0.6) is 5.75 Å². The molecule has 0 unspecified atom stereocenters. The van der Waals surface area contributed by atoms with Gasteiger partial charge in [-0.3, -0.25) is 14.4 Å². The van der Waals surface area contributed by atoms with Gasteiger partial charge in [-0.25, -0.2) is 5.43 Å². The van der Waals surface area contributed by atoms with E-state index in [2.05, 4.69) is 21.2 Å².